The number of ether oxygens (including phenoxy) is 1. The Hall–Kier alpha value is -2.14. The zero-order valence-electron chi connectivity index (χ0n) is 18.4. The Kier molecular flexibility index (Phi) is 7.02. The van der Waals surface area contributed by atoms with Crippen molar-refractivity contribution >= 4 is 5.91 Å². The summed E-state index contributed by atoms with van der Waals surface area (Å²) in [4.78, 5) is 21.5. The highest BCUT2D eigenvalue weighted by Gasteiger charge is 2.34. The van der Waals surface area contributed by atoms with Crippen LogP contribution >= 0.6 is 0 Å². The maximum Gasteiger partial charge on any atom is 0.259 e. The Morgan fingerprint density at radius 2 is 2.10 bits per heavy atom. The quantitative estimate of drug-likeness (QED) is 0.726. The van der Waals surface area contributed by atoms with Crippen LogP contribution in [0, 0.1) is 17.8 Å². The van der Waals surface area contributed by atoms with Crippen molar-refractivity contribution in [2.45, 2.75) is 57.3 Å². The van der Waals surface area contributed by atoms with Crippen LogP contribution in [0.15, 0.2) is 12.3 Å². The number of aliphatic hydroxyl groups excluding tert-OH is 1. The molecule has 2 N–H and O–H groups in total. The minimum absolute atomic E-state index is 0.0661. The fourth-order valence-electron chi connectivity index (χ4n) is 4.02. The van der Waals surface area contributed by atoms with Crippen molar-refractivity contribution in [3.05, 3.63) is 23.4 Å². The number of aliphatic hydroxyl groups is 2. The molecule has 30 heavy (non-hydrogen) atoms. The van der Waals surface area contributed by atoms with Crippen LogP contribution in [0.2, 0.25) is 0 Å². The number of rotatable bonds is 4. The summed E-state index contributed by atoms with van der Waals surface area (Å²) in [6.07, 6.45) is 4.73. The van der Waals surface area contributed by atoms with Gasteiger partial charge in [-0.15, -0.1) is 0 Å². The summed E-state index contributed by atoms with van der Waals surface area (Å²) in [5.41, 5.74) is -0.0364. The fraction of sp³-hybridized carbons (Fsp3) is 0.652. The molecule has 0 aromatic carbocycles. The molecule has 1 amide bonds. The van der Waals surface area contributed by atoms with Gasteiger partial charge >= 0.3 is 0 Å². The topological polar surface area (TPSA) is 86.1 Å². The highest BCUT2D eigenvalue weighted by atomic mass is 16.5. The Balaban J connectivity index is 1.98. The molecule has 1 aromatic heterocycles. The van der Waals surface area contributed by atoms with Crippen molar-refractivity contribution in [3.8, 4) is 17.7 Å². The maximum absolute atomic E-state index is 13.3. The molecular formula is C23H33N3O4. The molecule has 7 nitrogen and oxygen atoms in total. The van der Waals surface area contributed by atoms with E-state index in [2.05, 4.69) is 16.8 Å². The lowest BCUT2D eigenvalue weighted by atomic mass is 9.99. The zero-order valence-corrected chi connectivity index (χ0v) is 18.4. The number of hydrogen-bond acceptors (Lipinski definition) is 6. The first-order valence-corrected chi connectivity index (χ1v) is 10.7. The molecule has 2 aliphatic rings. The Morgan fingerprint density at radius 3 is 2.73 bits per heavy atom. The van der Waals surface area contributed by atoms with Crippen molar-refractivity contribution in [2.75, 3.05) is 33.8 Å². The van der Waals surface area contributed by atoms with Crippen LogP contribution in [0.3, 0.4) is 0 Å². The van der Waals surface area contributed by atoms with Crippen molar-refractivity contribution in [3.63, 3.8) is 0 Å². The van der Waals surface area contributed by atoms with Crippen LogP contribution < -0.4 is 4.74 Å². The zero-order chi connectivity index (χ0) is 21.9. The Morgan fingerprint density at radius 1 is 1.40 bits per heavy atom. The highest BCUT2D eigenvalue weighted by Crippen LogP contribution is 2.29. The van der Waals surface area contributed by atoms with Gasteiger partial charge in [-0.25, -0.2) is 4.98 Å². The third kappa shape index (κ3) is 5.12. The number of carbonyl (C=O) groups is 1. The van der Waals surface area contributed by atoms with Crippen LogP contribution in [0.5, 0.6) is 5.88 Å². The number of hydrogen-bond donors (Lipinski definition) is 2. The average molecular weight is 416 g/mol. The summed E-state index contributed by atoms with van der Waals surface area (Å²) in [6.45, 7) is 4.93. The van der Waals surface area contributed by atoms with E-state index in [-0.39, 0.29) is 30.6 Å². The van der Waals surface area contributed by atoms with Gasteiger partial charge in [0.05, 0.1) is 12.6 Å². The number of likely N-dealkylation sites (N-methyl/N-ethyl adjacent to an activating group) is 1. The predicted octanol–water partition coefficient (Wildman–Crippen LogP) is 1.52. The summed E-state index contributed by atoms with van der Waals surface area (Å²) in [5.74, 6) is 6.09. The summed E-state index contributed by atoms with van der Waals surface area (Å²) in [6, 6.07) is 1.37. The van der Waals surface area contributed by atoms with Gasteiger partial charge in [0.2, 0.25) is 5.88 Å². The van der Waals surface area contributed by atoms with Crippen molar-refractivity contribution in [1.82, 2.24) is 14.8 Å². The van der Waals surface area contributed by atoms with E-state index in [9.17, 15) is 15.0 Å². The summed E-state index contributed by atoms with van der Waals surface area (Å²) >= 11 is 0. The van der Waals surface area contributed by atoms with E-state index >= 15 is 0 Å². The molecule has 0 radical (unpaired) electrons. The molecule has 1 aliphatic carbocycles. The second kappa shape index (κ2) is 9.34. The van der Waals surface area contributed by atoms with Crippen LogP contribution in [0.25, 0.3) is 0 Å². The molecule has 0 bridgehead atoms. The Labute approximate surface area is 179 Å². The second-order valence-electron chi connectivity index (χ2n) is 8.95. The lowest BCUT2D eigenvalue weighted by Gasteiger charge is -2.37. The number of nitrogens with zero attached hydrogens (tertiary/aromatic N) is 3. The maximum atomic E-state index is 13.3. The first-order valence-electron chi connectivity index (χ1n) is 10.7. The predicted molar refractivity (Wildman–Crippen MR) is 114 cm³/mol. The van der Waals surface area contributed by atoms with E-state index in [1.54, 1.807) is 17.2 Å². The molecule has 1 saturated carbocycles. The van der Waals surface area contributed by atoms with Gasteiger partial charge in [0.1, 0.15) is 17.3 Å². The van der Waals surface area contributed by atoms with Gasteiger partial charge in [-0.3, -0.25) is 4.79 Å². The molecule has 1 aliphatic heterocycles. The molecule has 0 unspecified atom stereocenters. The molecule has 1 aromatic rings. The summed E-state index contributed by atoms with van der Waals surface area (Å²) in [5, 5.41) is 20.2. The van der Waals surface area contributed by atoms with E-state index in [0.717, 1.165) is 12.8 Å². The third-order valence-electron chi connectivity index (χ3n) is 5.94. The van der Waals surface area contributed by atoms with Crippen LogP contribution in [0.4, 0.5) is 0 Å². The van der Waals surface area contributed by atoms with Crippen LogP contribution in [-0.4, -0.2) is 82.4 Å². The number of carbonyl (C=O) groups excluding carboxylic acids is 1. The van der Waals surface area contributed by atoms with E-state index in [1.807, 2.05) is 32.8 Å². The molecule has 3 atom stereocenters. The number of pyridine rings is 1. The highest BCUT2D eigenvalue weighted by molar-refractivity contribution is 5.97. The van der Waals surface area contributed by atoms with Crippen molar-refractivity contribution < 1.29 is 19.7 Å². The first-order chi connectivity index (χ1) is 14.2. The third-order valence-corrected chi connectivity index (χ3v) is 5.94. The standard InChI is InChI=1S/C23H33N3O4/c1-16-13-26(17(2)15-27)22(28)19-11-18(7-10-23(29)8-5-6-9-23)12-24-21(19)30-20(16)14-25(3)4/h11-12,16-17,20,27,29H,5-6,8-9,13-15H2,1-4H3/t16-,17-,20+/m0/s1. The number of amides is 1. The SMILES string of the molecule is C[C@H]1CN([C@@H](C)CO)C(=O)c2cc(C#CC3(O)CCCC3)cnc2O[C@@H]1CN(C)C. The van der Waals surface area contributed by atoms with Gasteiger partial charge in [-0.1, -0.05) is 18.8 Å². The molecule has 0 saturated heterocycles. The van der Waals surface area contributed by atoms with E-state index in [1.165, 1.54) is 0 Å². The van der Waals surface area contributed by atoms with E-state index in [4.69, 9.17) is 4.74 Å². The molecule has 2 heterocycles. The molecule has 0 spiro atoms. The van der Waals surface area contributed by atoms with Gasteiger partial charge < -0.3 is 24.7 Å². The van der Waals surface area contributed by atoms with Crippen molar-refractivity contribution in [1.29, 1.82) is 0 Å². The van der Waals surface area contributed by atoms with Crippen LogP contribution in [-0.2, 0) is 0 Å². The lowest BCUT2D eigenvalue weighted by molar-refractivity contribution is 0.0348. The van der Waals surface area contributed by atoms with E-state index < -0.39 is 5.60 Å². The normalized spacial score (nSPS) is 24.4. The average Bonchev–Trinajstić information content (AvgIpc) is 3.15. The first kappa shape index (κ1) is 22.5. The number of aromatic nitrogens is 1. The van der Waals surface area contributed by atoms with Gasteiger partial charge in [0.15, 0.2) is 0 Å². The van der Waals surface area contributed by atoms with Gasteiger partial charge in [-0.2, -0.15) is 0 Å². The summed E-state index contributed by atoms with van der Waals surface area (Å²) < 4.78 is 6.18. The molecular weight excluding hydrogens is 382 g/mol. The van der Waals surface area contributed by atoms with Gasteiger partial charge in [0.25, 0.3) is 5.91 Å². The smallest absolute Gasteiger partial charge is 0.259 e. The molecule has 7 heteroatoms. The molecule has 164 valence electrons. The van der Waals surface area contributed by atoms with E-state index in [0.29, 0.717) is 42.9 Å². The molecule has 1 fully saturated rings. The van der Waals surface area contributed by atoms with Gasteiger partial charge in [0, 0.05) is 30.8 Å². The minimum Gasteiger partial charge on any atom is -0.472 e. The molecule has 3 rings (SSSR count). The second-order valence-corrected chi connectivity index (χ2v) is 8.95. The van der Waals surface area contributed by atoms with Crippen molar-refractivity contribution in [2.24, 2.45) is 5.92 Å². The van der Waals surface area contributed by atoms with Gasteiger partial charge in [-0.05, 0) is 52.8 Å². The lowest BCUT2D eigenvalue weighted by Crippen LogP contribution is -2.49. The largest absolute Gasteiger partial charge is 0.472 e. The monoisotopic (exact) mass is 415 g/mol. The summed E-state index contributed by atoms with van der Waals surface area (Å²) in [7, 11) is 3.96. The Bertz CT molecular complexity index is 823. The minimum atomic E-state index is -0.950. The number of fused-ring (bicyclic) bond motifs is 1. The fourth-order valence-corrected chi connectivity index (χ4v) is 4.02. The van der Waals surface area contributed by atoms with Crippen LogP contribution in [0.1, 0.15) is 55.5 Å².